The summed E-state index contributed by atoms with van der Waals surface area (Å²) >= 11 is 0. The lowest BCUT2D eigenvalue weighted by molar-refractivity contribution is -0.125. The minimum atomic E-state index is -0.606. The molecular formula is C12H12O2. The van der Waals surface area contributed by atoms with Crippen molar-refractivity contribution in [2.45, 2.75) is 20.3 Å². The van der Waals surface area contributed by atoms with E-state index in [0.717, 1.165) is 0 Å². The van der Waals surface area contributed by atoms with E-state index in [1.54, 1.807) is 13.0 Å². The van der Waals surface area contributed by atoms with Crippen molar-refractivity contribution in [2.24, 2.45) is 5.41 Å². The number of allylic oxidation sites excluding steroid dienone is 6. The number of hydrogen-bond donors (Lipinski definition) is 0. The number of carbonyl (C=O) groups excluding carboxylic acids is 2. The molecule has 0 aromatic carbocycles. The van der Waals surface area contributed by atoms with Crippen LogP contribution in [0.2, 0.25) is 0 Å². The molecule has 0 aliphatic heterocycles. The molecule has 0 radical (unpaired) electrons. The summed E-state index contributed by atoms with van der Waals surface area (Å²) in [5.74, 6) is 0.0571. The number of hydrogen-bond acceptors (Lipinski definition) is 2. The minimum absolute atomic E-state index is 0.0106. The first-order valence-corrected chi connectivity index (χ1v) is 4.70. The van der Waals surface area contributed by atoms with Gasteiger partial charge in [-0.2, -0.15) is 0 Å². The van der Waals surface area contributed by atoms with Crippen molar-refractivity contribution >= 4 is 11.6 Å². The fraction of sp³-hybridized carbons (Fsp3) is 0.333. The van der Waals surface area contributed by atoms with Crippen LogP contribution in [0.1, 0.15) is 20.3 Å². The summed E-state index contributed by atoms with van der Waals surface area (Å²) in [7, 11) is 0. The molecule has 14 heavy (non-hydrogen) atoms. The SMILES string of the molecule is CC1=CC(=O)C2(C)CC=CC=C2C1=O. The van der Waals surface area contributed by atoms with Crippen molar-refractivity contribution in [3.63, 3.8) is 0 Å². The highest BCUT2D eigenvalue weighted by atomic mass is 16.1. The van der Waals surface area contributed by atoms with Gasteiger partial charge in [0, 0.05) is 11.1 Å². The molecule has 1 atom stereocenters. The molecular weight excluding hydrogens is 176 g/mol. The highest BCUT2D eigenvalue weighted by Crippen LogP contribution is 2.40. The lowest BCUT2D eigenvalue weighted by atomic mass is 9.67. The second kappa shape index (κ2) is 2.77. The van der Waals surface area contributed by atoms with Gasteiger partial charge in [-0.15, -0.1) is 0 Å². The van der Waals surface area contributed by atoms with Crippen LogP contribution in [0.5, 0.6) is 0 Å². The third-order valence-corrected chi connectivity index (χ3v) is 3.01. The van der Waals surface area contributed by atoms with Gasteiger partial charge in [0.25, 0.3) is 0 Å². The number of Topliss-reactive ketones (excluding diaryl/α,β-unsaturated/α-hetero) is 1. The Bertz CT molecular complexity index is 410. The predicted molar refractivity (Wildman–Crippen MR) is 53.7 cm³/mol. The van der Waals surface area contributed by atoms with Crippen molar-refractivity contribution in [3.05, 3.63) is 35.5 Å². The van der Waals surface area contributed by atoms with Crippen LogP contribution in [0.15, 0.2) is 35.5 Å². The highest BCUT2D eigenvalue weighted by Gasteiger charge is 2.42. The molecule has 0 spiro atoms. The summed E-state index contributed by atoms with van der Waals surface area (Å²) in [6, 6.07) is 0. The second-order valence-corrected chi connectivity index (χ2v) is 4.07. The summed E-state index contributed by atoms with van der Waals surface area (Å²) in [5, 5.41) is 0. The number of rotatable bonds is 0. The van der Waals surface area contributed by atoms with E-state index in [0.29, 0.717) is 17.6 Å². The highest BCUT2D eigenvalue weighted by molar-refractivity contribution is 6.21. The Morgan fingerprint density at radius 2 is 2.07 bits per heavy atom. The summed E-state index contributed by atoms with van der Waals surface area (Å²) < 4.78 is 0. The van der Waals surface area contributed by atoms with Crippen LogP contribution in [0.4, 0.5) is 0 Å². The summed E-state index contributed by atoms with van der Waals surface area (Å²) in [6.07, 6.45) is 7.65. The molecule has 0 N–H and O–H groups in total. The molecule has 2 nitrogen and oxygen atoms in total. The maximum Gasteiger partial charge on any atom is 0.185 e. The van der Waals surface area contributed by atoms with Gasteiger partial charge in [0.05, 0.1) is 5.41 Å². The lowest BCUT2D eigenvalue weighted by Gasteiger charge is -2.33. The van der Waals surface area contributed by atoms with Gasteiger partial charge >= 0.3 is 0 Å². The first kappa shape index (κ1) is 9.13. The van der Waals surface area contributed by atoms with E-state index in [2.05, 4.69) is 0 Å². The second-order valence-electron chi connectivity index (χ2n) is 4.07. The maximum atomic E-state index is 11.8. The van der Waals surface area contributed by atoms with Crippen molar-refractivity contribution < 1.29 is 9.59 Å². The van der Waals surface area contributed by atoms with Crippen LogP contribution in [0.25, 0.3) is 0 Å². The largest absolute Gasteiger partial charge is 0.294 e. The van der Waals surface area contributed by atoms with Crippen molar-refractivity contribution in [2.75, 3.05) is 0 Å². The Balaban J connectivity index is 2.61. The first-order valence-electron chi connectivity index (χ1n) is 4.70. The predicted octanol–water partition coefficient (Wildman–Crippen LogP) is 1.98. The van der Waals surface area contributed by atoms with Gasteiger partial charge in [-0.25, -0.2) is 0 Å². The Morgan fingerprint density at radius 3 is 2.79 bits per heavy atom. The molecule has 2 heteroatoms. The molecule has 0 saturated heterocycles. The monoisotopic (exact) mass is 188 g/mol. The molecule has 0 amide bonds. The maximum absolute atomic E-state index is 11.8. The molecule has 2 aliphatic rings. The van der Waals surface area contributed by atoms with E-state index < -0.39 is 5.41 Å². The summed E-state index contributed by atoms with van der Waals surface area (Å²) in [4.78, 5) is 23.6. The van der Waals surface area contributed by atoms with E-state index in [9.17, 15) is 9.59 Å². The average molecular weight is 188 g/mol. The minimum Gasteiger partial charge on any atom is -0.294 e. The quantitative estimate of drug-likeness (QED) is 0.582. The molecule has 1 unspecified atom stereocenters. The third-order valence-electron chi connectivity index (χ3n) is 3.01. The molecule has 0 saturated carbocycles. The van der Waals surface area contributed by atoms with Crippen LogP contribution >= 0.6 is 0 Å². The van der Waals surface area contributed by atoms with Gasteiger partial charge in [0.1, 0.15) is 0 Å². The standard InChI is InChI=1S/C12H12O2/c1-8-7-10(13)12(2)6-4-3-5-9(12)11(8)14/h3-5,7H,6H2,1-2H3. The van der Waals surface area contributed by atoms with Crippen molar-refractivity contribution in [1.29, 1.82) is 0 Å². The van der Waals surface area contributed by atoms with Gasteiger partial charge in [-0.05, 0) is 26.3 Å². The van der Waals surface area contributed by atoms with E-state index in [1.807, 2.05) is 19.1 Å². The molecule has 2 rings (SSSR count). The lowest BCUT2D eigenvalue weighted by Crippen LogP contribution is -2.37. The van der Waals surface area contributed by atoms with Crippen LogP contribution in [-0.2, 0) is 9.59 Å². The fourth-order valence-electron chi connectivity index (χ4n) is 1.96. The molecule has 0 aromatic heterocycles. The van der Waals surface area contributed by atoms with Crippen molar-refractivity contribution in [3.8, 4) is 0 Å². The topological polar surface area (TPSA) is 34.1 Å². The third kappa shape index (κ3) is 1.03. The number of carbonyl (C=O) groups is 2. The molecule has 2 aliphatic carbocycles. The zero-order chi connectivity index (χ0) is 10.3. The normalized spacial score (nSPS) is 31.0. The average Bonchev–Trinajstić information content (AvgIpc) is 2.15. The van der Waals surface area contributed by atoms with Gasteiger partial charge in [0.2, 0.25) is 0 Å². The van der Waals surface area contributed by atoms with Gasteiger partial charge in [-0.3, -0.25) is 9.59 Å². The van der Waals surface area contributed by atoms with Gasteiger partial charge < -0.3 is 0 Å². The molecule has 72 valence electrons. The zero-order valence-corrected chi connectivity index (χ0v) is 8.33. The van der Waals surface area contributed by atoms with Gasteiger partial charge in [-0.1, -0.05) is 18.2 Å². The van der Waals surface area contributed by atoms with Crippen LogP contribution in [0.3, 0.4) is 0 Å². The molecule has 0 heterocycles. The van der Waals surface area contributed by atoms with E-state index >= 15 is 0 Å². The summed E-state index contributed by atoms with van der Waals surface area (Å²) in [6.45, 7) is 3.53. The van der Waals surface area contributed by atoms with Gasteiger partial charge in [0.15, 0.2) is 11.6 Å². The van der Waals surface area contributed by atoms with Crippen molar-refractivity contribution in [1.82, 2.24) is 0 Å². The first-order chi connectivity index (χ1) is 6.55. The number of ketones is 2. The Morgan fingerprint density at radius 1 is 1.36 bits per heavy atom. The zero-order valence-electron chi connectivity index (χ0n) is 8.33. The molecule has 0 bridgehead atoms. The molecule has 0 aromatic rings. The fourth-order valence-corrected chi connectivity index (χ4v) is 1.96. The smallest absolute Gasteiger partial charge is 0.185 e. The van der Waals surface area contributed by atoms with E-state index in [-0.39, 0.29) is 11.6 Å². The Kier molecular flexibility index (Phi) is 1.81. The van der Waals surface area contributed by atoms with Crippen LogP contribution in [-0.4, -0.2) is 11.6 Å². The summed E-state index contributed by atoms with van der Waals surface area (Å²) in [5.41, 5.74) is 0.588. The Labute approximate surface area is 83.0 Å². The molecule has 0 fully saturated rings. The van der Waals surface area contributed by atoms with E-state index in [1.165, 1.54) is 6.08 Å². The van der Waals surface area contributed by atoms with Crippen LogP contribution < -0.4 is 0 Å². The Hall–Kier alpha value is -1.44. The van der Waals surface area contributed by atoms with E-state index in [4.69, 9.17) is 0 Å². The van der Waals surface area contributed by atoms with Crippen LogP contribution in [0, 0.1) is 5.41 Å². The number of fused-ring (bicyclic) bond motifs is 1.